The van der Waals surface area contributed by atoms with E-state index >= 15 is 0 Å². The van der Waals surface area contributed by atoms with Gasteiger partial charge in [0.05, 0.1) is 17.7 Å². The Morgan fingerprint density at radius 3 is 2.41 bits per heavy atom. The van der Waals surface area contributed by atoms with Gasteiger partial charge in [0.25, 0.3) is 5.69 Å². The van der Waals surface area contributed by atoms with Gasteiger partial charge in [0.1, 0.15) is 12.4 Å². The molecule has 0 fully saturated rings. The van der Waals surface area contributed by atoms with Crippen LogP contribution in [-0.2, 0) is 11.4 Å². The maximum Gasteiger partial charge on any atom is 0.269 e. The molecule has 0 bridgehead atoms. The maximum absolute atomic E-state index is 10.5. The summed E-state index contributed by atoms with van der Waals surface area (Å²) in [4.78, 5) is 15.3. The minimum absolute atomic E-state index is 0.0571. The van der Waals surface area contributed by atoms with Gasteiger partial charge in [-0.05, 0) is 54.4 Å². The zero-order valence-corrected chi connectivity index (χ0v) is 12.1. The maximum atomic E-state index is 10.5. The molecule has 0 saturated heterocycles. The van der Waals surface area contributed by atoms with E-state index in [0.29, 0.717) is 6.61 Å². The monoisotopic (exact) mass is 300 g/mol. The summed E-state index contributed by atoms with van der Waals surface area (Å²) in [5.41, 5.74) is 1.77. The van der Waals surface area contributed by atoms with Crippen molar-refractivity contribution in [3.05, 3.63) is 69.8 Å². The first kappa shape index (κ1) is 15.5. The van der Waals surface area contributed by atoms with E-state index in [-0.39, 0.29) is 12.3 Å². The summed E-state index contributed by atoms with van der Waals surface area (Å²) in [5, 5.41) is 14.4. The number of hydrogen-bond acceptors (Lipinski definition) is 5. The van der Waals surface area contributed by atoms with Crippen LogP contribution in [-0.4, -0.2) is 17.7 Å². The molecule has 22 heavy (non-hydrogen) atoms. The number of rotatable bonds is 7. The molecule has 0 amide bonds. The second-order valence-corrected chi connectivity index (χ2v) is 4.43. The van der Waals surface area contributed by atoms with Gasteiger partial charge in [0, 0.05) is 12.1 Å². The van der Waals surface area contributed by atoms with Crippen molar-refractivity contribution in [1.82, 2.24) is 0 Å². The van der Waals surface area contributed by atoms with E-state index in [9.17, 15) is 10.1 Å². The molecule has 114 valence electrons. The molecule has 0 radical (unpaired) electrons. The van der Waals surface area contributed by atoms with Crippen molar-refractivity contribution in [3.8, 4) is 5.75 Å². The molecule has 0 spiro atoms. The molecule has 0 atom stereocenters. The van der Waals surface area contributed by atoms with Crippen molar-refractivity contribution in [1.29, 1.82) is 0 Å². The summed E-state index contributed by atoms with van der Waals surface area (Å²) in [7, 11) is 0. The molecule has 0 aromatic heterocycles. The Bertz CT molecular complexity index is 636. The molecule has 0 N–H and O–H groups in total. The molecule has 0 aliphatic rings. The fourth-order valence-electron chi connectivity index (χ4n) is 1.74. The van der Waals surface area contributed by atoms with Gasteiger partial charge >= 0.3 is 0 Å². The lowest BCUT2D eigenvalue weighted by Gasteiger charge is -2.02. The van der Waals surface area contributed by atoms with Crippen molar-refractivity contribution in [2.45, 2.75) is 13.5 Å². The zero-order valence-electron chi connectivity index (χ0n) is 12.1. The highest BCUT2D eigenvalue weighted by atomic mass is 16.6. The fraction of sp³-hybridized carbons (Fsp3) is 0.188. The summed E-state index contributed by atoms with van der Waals surface area (Å²) >= 11 is 0. The van der Waals surface area contributed by atoms with Crippen molar-refractivity contribution in [2.24, 2.45) is 5.16 Å². The highest BCUT2D eigenvalue weighted by Gasteiger charge is 2.03. The zero-order chi connectivity index (χ0) is 15.8. The molecule has 2 aromatic rings. The van der Waals surface area contributed by atoms with Crippen LogP contribution in [0.5, 0.6) is 5.75 Å². The molecule has 6 heteroatoms. The lowest BCUT2D eigenvalue weighted by Crippen LogP contribution is -1.92. The number of ether oxygens (including phenoxy) is 1. The Kier molecular flexibility index (Phi) is 5.48. The Morgan fingerprint density at radius 1 is 1.14 bits per heavy atom. The lowest BCUT2D eigenvalue weighted by atomic mass is 10.2. The van der Waals surface area contributed by atoms with E-state index in [1.807, 2.05) is 31.2 Å². The smallest absolute Gasteiger partial charge is 0.269 e. The minimum atomic E-state index is -0.436. The normalized spacial score (nSPS) is 10.6. The van der Waals surface area contributed by atoms with E-state index in [4.69, 9.17) is 9.57 Å². The van der Waals surface area contributed by atoms with Gasteiger partial charge in [-0.3, -0.25) is 10.1 Å². The number of nitro groups is 1. The topological polar surface area (TPSA) is 74.0 Å². The fourth-order valence-corrected chi connectivity index (χ4v) is 1.74. The third-order valence-electron chi connectivity index (χ3n) is 2.85. The quantitative estimate of drug-likeness (QED) is 0.445. The van der Waals surface area contributed by atoms with Crippen LogP contribution in [0.1, 0.15) is 18.1 Å². The third kappa shape index (κ3) is 4.59. The molecule has 0 aliphatic carbocycles. The van der Waals surface area contributed by atoms with Crippen LogP contribution in [0.3, 0.4) is 0 Å². The molecule has 0 aliphatic heterocycles. The molecule has 2 rings (SSSR count). The first-order chi connectivity index (χ1) is 10.7. The second kappa shape index (κ2) is 7.78. The van der Waals surface area contributed by atoms with Gasteiger partial charge in [-0.15, -0.1) is 0 Å². The molecule has 2 aromatic carbocycles. The van der Waals surface area contributed by atoms with Gasteiger partial charge in [-0.2, -0.15) is 0 Å². The van der Waals surface area contributed by atoms with E-state index < -0.39 is 4.92 Å². The van der Waals surface area contributed by atoms with Crippen LogP contribution in [0.15, 0.2) is 53.7 Å². The van der Waals surface area contributed by atoms with Gasteiger partial charge < -0.3 is 9.57 Å². The molecular formula is C16H16N2O4. The molecular weight excluding hydrogens is 284 g/mol. The van der Waals surface area contributed by atoms with Crippen LogP contribution < -0.4 is 4.74 Å². The predicted molar refractivity (Wildman–Crippen MR) is 83.1 cm³/mol. The Balaban J connectivity index is 1.83. The van der Waals surface area contributed by atoms with Crippen LogP contribution in [0.25, 0.3) is 0 Å². The number of nitrogens with zero attached hydrogens (tertiary/aromatic N) is 2. The van der Waals surface area contributed by atoms with Crippen LogP contribution in [0.2, 0.25) is 0 Å². The third-order valence-corrected chi connectivity index (χ3v) is 2.85. The van der Waals surface area contributed by atoms with Gasteiger partial charge in [0.15, 0.2) is 0 Å². The Hall–Kier alpha value is -2.89. The van der Waals surface area contributed by atoms with Crippen molar-refractivity contribution in [3.63, 3.8) is 0 Å². The average Bonchev–Trinajstić information content (AvgIpc) is 2.54. The van der Waals surface area contributed by atoms with E-state index in [0.717, 1.165) is 16.9 Å². The molecule has 0 unspecified atom stereocenters. The molecule has 6 nitrogen and oxygen atoms in total. The second-order valence-electron chi connectivity index (χ2n) is 4.43. The number of oxime groups is 1. The minimum Gasteiger partial charge on any atom is -0.494 e. The summed E-state index contributed by atoms with van der Waals surface area (Å²) in [6.45, 7) is 2.82. The summed E-state index contributed by atoms with van der Waals surface area (Å²) in [6.07, 6.45) is 1.60. The Labute approximate surface area is 128 Å². The molecule has 0 saturated carbocycles. The number of non-ortho nitro benzene ring substituents is 1. The van der Waals surface area contributed by atoms with E-state index in [1.165, 1.54) is 12.1 Å². The van der Waals surface area contributed by atoms with E-state index in [1.54, 1.807) is 18.3 Å². The van der Waals surface area contributed by atoms with Crippen LogP contribution in [0, 0.1) is 10.1 Å². The summed E-state index contributed by atoms with van der Waals surface area (Å²) in [5.74, 6) is 0.812. The standard InChI is InChI=1S/C16H16N2O4/c1-2-21-16-9-5-13(6-10-16)11-17-22-12-14-3-7-15(8-4-14)18(19)20/h3-11H,2,12H2,1H3/b17-11-. The predicted octanol–water partition coefficient (Wildman–Crippen LogP) is 3.54. The van der Waals surface area contributed by atoms with Crippen molar-refractivity contribution < 1.29 is 14.5 Å². The lowest BCUT2D eigenvalue weighted by molar-refractivity contribution is -0.384. The average molecular weight is 300 g/mol. The molecule has 0 heterocycles. The van der Waals surface area contributed by atoms with Crippen LogP contribution in [0.4, 0.5) is 5.69 Å². The van der Waals surface area contributed by atoms with Crippen molar-refractivity contribution in [2.75, 3.05) is 6.61 Å². The summed E-state index contributed by atoms with van der Waals surface area (Å²) in [6, 6.07) is 13.6. The number of benzene rings is 2. The Morgan fingerprint density at radius 2 is 1.82 bits per heavy atom. The number of hydrogen-bond donors (Lipinski definition) is 0. The van der Waals surface area contributed by atoms with Crippen LogP contribution >= 0.6 is 0 Å². The highest BCUT2D eigenvalue weighted by Crippen LogP contribution is 2.13. The summed E-state index contributed by atoms with van der Waals surface area (Å²) < 4.78 is 5.35. The first-order valence-electron chi connectivity index (χ1n) is 6.80. The van der Waals surface area contributed by atoms with E-state index in [2.05, 4.69) is 5.16 Å². The highest BCUT2D eigenvalue weighted by molar-refractivity contribution is 5.79. The SMILES string of the molecule is CCOc1ccc(/C=N\OCc2ccc([N+](=O)[O-])cc2)cc1. The van der Waals surface area contributed by atoms with Crippen molar-refractivity contribution >= 4 is 11.9 Å². The van der Waals surface area contributed by atoms with Gasteiger partial charge in [-0.25, -0.2) is 0 Å². The number of nitro benzene ring substituents is 1. The first-order valence-corrected chi connectivity index (χ1v) is 6.80. The van der Waals surface area contributed by atoms with Gasteiger partial charge in [0.2, 0.25) is 0 Å². The largest absolute Gasteiger partial charge is 0.494 e. The van der Waals surface area contributed by atoms with Gasteiger partial charge in [-0.1, -0.05) is 5.16 Å².